The normalized spacial score (nSPS) is 12.3. The molecule has 29 heavy (non-hydrogen) atoms. The van der Waals surface area contributed by atoms with Crippen molar-refractivity contribution in [3.05, 3.63) is 63.2 Å². The zero-order valence-corrected chi connectivity index (χ0v) is 18.1. The number of anilines is 1. The molecule has 0 aliphatic carbocycles. The molecule has 1 N–H and O–H groups in total. The lowest BCUT2D eigenvalue weighted by molar-refractivity contribution is -0.385. The molecule has 0 heterocycles. The number of nitrogens with one attached hydrogen (secondary N) is 1. The summed E-state index contributed by atoms with van der Waals surface area (Å²) in [6.45, 7) is 9.77. The van der Waals surface area contributed by atoms with E-state index in [-0.39, 0.29) is 29.4 Å². The Morgan fingerprint density at radius 1 is 1.10 bits per heavy atom. The predicted molar refractivity (Wildman–Crippen MR) is 115 cm³/mol. The third-order valence-corrected chi connectivity index (χ3v) is 6.86. The molecule has 2 aromatic carbocycles. The van der Waals surface area contributed by atoms with Gasteiger partial charge in [-0.15, -0.1) is 0 Å². The van der Waals surface area contributed by atoms with Gasteiger partial charge in [-0.2, -0.15) is 9.41 Å². The van der Waals surface area contributed by atoms with E-state index in [1.165, 1.54) is 16.4 Å². The summed E-state index contributed by atoms with van der Waals surface area (Å²) in [5, 5.41) is 15.5. The van der Waals surface area contributed by atoms with Gasteiger partial charge in [-0.3, -0.25) is 15.5 Å². The number of aryl methyl sites for hydroxylation is 2. The maximum atomic E-state index is 13.0. The number of benzene rings is 2. The first-order valence-electron chi connectivity index (χ1n) is 9.28. The van der Waals surface area contributed by atoms with E-state index < -0.39 is 14.9 Å². The zero-order chi connectivity index (χ0) is 21.8. The molecule has 0 saturated heterocycles. The summed E-state index contributed by atoms with van der Waals surface area (Å²) in [5.41, 5.74) is 6.52. The van der Waals surface area contributed by atoms with Crippen molar-refractivity contribution >= 4 is 27.1 Å². The topological polar surface area (TPSA) is 105 Å². The van der Waals surface area contributed by atoms with Crippen molar-refractivity contribution in [2.45, 2.75) is 39.5 Å². The van der Waals surface area contributed by atoms with E-state index in [0.717, 1.165) is 22.8 Å². The van der Waals surface area contributed by atoms with Gasteiger partial charge >= 0.3 is 0 Å². The molecule has 0 atom stereocenters. The Labute approximate surface area is 171 Å². The number of hydrogen-bond donors (Lipinski definition) is 1. The summed E-state index contributed by atoms with van der Waals surface area (Å²) in [5.74, 6) is 0. The van der Waals surface area contributed by atoms with E-state index in [1.807, 2.05) is 32.0 Å². The number of hydrazone groups is 1. The van der Waals surface area contributed by atoms with Gasteiger partial charge in [-0.25, -0.2) is 8.42 Å². The maximum absolute atomic E-state index is 13.0. The number of nitro benzene ring substituents is 1. The monoisotopic (exact) mass is 418 g/mol. The Morgan fingerprint density at radius 2 is 1.76 bits per heavy atom. The standard InChI is InChI=1S/C20H26N4O4S/c1-6-23(7-2)29(27,28)20-13-18(24(25)26)10-11-19(20)22-21-16(5)17-9-8-14(3)15(4)12-17/h8-13,22H,6-7H2,1-5H3. The molecule has 0 spiro atoms. The van der Waals surface area contributed by atoms with Crippen molar-refractivity contribution in [1.29, 1.82) is 0 Å². The first kappa shape index (κ1) is 22.5. The molecule has 156 valence electrons. The van der Waals surface area contributed by atoms with Crippen LogP contribution in [0.25, 0.3) is 0 Å². The molecule has 8 nitrogen and oxygen atoms in total. The summed E-state index contributed by atoms with van der Waals surface area (Å²) in [6, 6.07) is 9.62. The molecule has 0 saturated carbocycles. The average Bonchev–Trinajstić information content (AvgIpc) is 2.68. The van der Waals surface area contributed by atoms with Crippen LogP contribution in [0.4, 0.5) is 11.4 Å². The molecule has 0 amide bonds. The minimum atomic E-state index is -3.92. The van der Waals surface area contributed by atoms with Gasteiger partial charge in [0.15, 0.2) is 0 Å². The molecule has 0 bridgehead atoms. The van der Waals surface area contributed by atoms with Crippen LogP contribution in [0.1, 0.15) is 37.5 Å². The Hall–Kier alpha value is -2.78. The number of nitrogens with zero attached hydrogens (tertiary/aromatic N) is 3. The lowest BCUT2D eigenvalue weighted by atomic mass is 10.0. The molecule has 0 radical (unpaired) electrons. The van der Waals surface area contributed by atoms with Crippen LogP contribution in [0.15, 0.2) is 46.4 Å². The van der Waals surface area contributed by atoms with E-state index in [0.29, 0.717) is 5.71 Å². The first-order chi connectivity index (χ1) is 13.6. The van der Waals surface area contributed by atoms with Crippen LogP contribution >= 0.6 is 0 Å². The maximum Gasteiger partial charge on any atom is 0.270 e. The van der Waals surface area contributed by atoms with Gasteiger partial charge in [0.05, 0.1) is 16.3 Å². The second-order valence-corrected chi connectivity index (χ2v) is 8.54. The van der Waals surface area contributed by atoms with Gasteiger partial charge in [0.25, 0.3) is 5.69 Å². The Morgan fingerprint density at radius 3 is 2.31 bits per heavy atom. The molecule has 9 heteroatoms. The second kappa shape index (κ2) is 9.15. The van der Waals surface area contributed by atoms with Crippen LogP contribution in [-0.4, -0.2) is 36.4 Å². The van der Waals surface area contributed by atoms with E-state index in [4.69, 9.17) is 0 Å². The van der Waals surface area contributed by atoms with Crippen LogP contribution in [0.2, 0.25) is 0 Å². The highest BCUT2D eigenvalue weighted by Gasteiger charge is 2.27. The summed E-state index contributed by atoms with van der Waals surface area (Å²) in [6.07, 6.45) is 0. The van der Waals surface area contributed by atoms with Crippen LogP contribution < -0.4 is 5.43 Å². The third kappa shape index (κ3) is 4.99. The molecule has 2 rings (SSSR count). The number of sulfonamides is 1. The number of rotatable bonds is 8. The van der Waals surface area contributed by atoms with Crippen molar-refractivity contribution in [2.75, 3.05) is 18.5 Å². The molecular weight excluding hydrogens is 392 g/mol. The quantitative estimate of drug-likeness (QED) is 0.395. The summed E-state index contributed by atoms with van der Waals surface area (Å²) in [4.78, 5) is 10.4. The Kier molecular flexibility index (Phi) is 7.10. The average molecular weight is 419 g/mol. The van der Waals surface area contributed by atoms with E-state index in [9.17, 15) is 18.5 Å². The highest BCUT2D eigenvalue weighted by atomic mass is 32.2. The molecule has 0 unspecified atom stereocenters. The van der Waals surface area contributed by atoms with Crippen LogP contribution in [0.5, 0.6) is 0 Å². The molecule has 0 fully saturated rings. The van der Waals surface area contributed by atoms with E-state index in [1.54, 1.807) is 20.8 Å². The number of non-ortho nitro benzene ring substituents is 1. The van der Waals surface area contributed by atoms with Gasteiger partial charge in [0, 0.05) is 25.2 Å². The number of nitro groups is 1. The Bertz CT molecular complexity index is 1040. The minimum absolute atomic E-state index is 0.174. The van der Waals surface area contributed by atoms with Crippen molar-refractivity contribution in [2.24, 2.45) is 5.10 Å². The molecule has 0 aromatic heterocycles. The van der Waals surface area contributed by atoms with Crippen LogP contribution in [0, 0.1) is 24.0 Å². The van der Waals surface area contributed by atoms with E-state index in [2.05, 4.69) is 10.5 Å². The SMILES string of the molecule is CCN(CC)S(=O)(=O)c1cc([N+](=O)[O-])ccc1NN=C(C)c1ccc(C)c(C)c1. The fourth-order valence-corrected chi connectivity index (χ4v) is 4.43. The molecular formula is C20H26N4O4S. The second-order valence-electron chi connectivity index (χ2n) is 6.63. The van der Waals surface area contributed by atoms with Gasteiger partial charge in [0.1, 0.15) is 4.90 Å². The summed E-state index contributed by atoms with van der Waals surface area (Å²) in [7, 11) is -3.92. The third-order valence-electron chi connectivity index (χ3n) is 4.77. The van der Waals surface area contributed by atoms with Gasteiger partial charge in [-0.05, 0) is 49.6 Å². The lowest BCUT2D eigenvalue weighted by Crippen LogP contribution is -2.31. The van der Waals surface area contributed by atoms with Crippen LogP contribution in [0.3, 0.4) is 0 Å². The van der Waals surface area contributed by atoms with Crippen molar-refractivity contribution < 1.29 is 13.3 Å². The van der Waals surface area contributed by atoms with Gasteiger partial charge < -0.3 is 0 Å². The number of hydrogen-bond acceptors (Lipinski definition) is 6. The minimum Gasteiger partial charge on any atom is -0.277 e. The lowest BCUT2D eigenvalue weighted by Gasteiger charge is -2.20. The van der Waals surface area contributed by atoms with Gasteiger partial charge in [0.2, 0.25) is 10.0 Å². The Balaban J connectivity index is 2.49. The van der Waals surface area contributed by atoms with Crippen molar-refractivity contribution in [3.8, 4) is 0 Å². The fraction of sp³-hybridized carbons (Fsp3) is 0.350. The van der Waals surface area contributed by atoms with Crippen LogP contribution in [-0.2, 0) is 10.0 Å². The largest absolute Gasteiger partial charge is 0.277 e. The highest BCUT2D eigenvalue weighted by Crippen LogP contribution is 2.29. The van der Waals surface area contributed by atoms with E-state index >= 15 is 0 Å². The summed E-state index contributed by atoms with van der Waals surface area (Å²) < 4.78 is 27.3. The highest BCUT2D eigenvalue weighted by molar-refractivity contribution is 7.89. The molecule has 0 aliphatic rings. The van der Waals surface area contributed by atoms with Crippen molar-refractivity contribution in [3.63, 3.8) is 0 Å². The van der Waals surface area contributed by atoms with Gasteiger partial charge in [-0.1, -0.05) is 26.0 Å². The predicted octanol–water partition coefficient (Wildman–Crippen LogP) is 4.08. The zero-order valence-electron chi connectivity index (χ0n) is 17.3. The fourth-order valence-electron chi connectivity index (χ4n) is 2.81. The smallest absolute Gasteiger partial charge is 0.270 e. The summed E-state index contributed by atoms with van der Waals surface area (Å²) >= 11 is 0. The molecule has 0 aliphatic heterocycles. The van der Waals surface area contributed by atoms with Crippen molar-refractivity contribution in [1.82, 2.24) is 4.31 Å². The molecule has 2 aromatic rings. The first-order valence-corrected chi connectivity index (χ1v) is 10.7.